The number of halogens is 5. The molecule has 1 aromatic heterocycles. The highest BCUT2D eigenvalue weighted by Crippen LogP contribution is 2.36. The van der Waals surface area contributed by atoms with Crippen LogP contribution in [-0.4, -0.2) is 19.2 Å². The first-order chi connectivity index (χ1) is 19.5. The van der Waals surface area contributed by atoms with Crippen molar-refractivity contribution >= 4 is 56.2 Å². The Balaban J connectivity index is 0.000000247. The molecule has 0 atom stereocenters. The minimum absolute atomic E-state index is 0.122. The first-order valence-corrected chi connectivity index (χ1v) is 14.0. The summed E-state index contributed by atoms with van der Waals surface area (Å²) in [5, 5.41) is 12.5. The number of nitrogens with zero attached hydrogens (tertiary/aromatic N) is 1. The molecular formula is C27H22Cl2F3N3O6S. The number of nitro groups is 1. The van der Waals surface area contributed by atoms with E-state index in [2.05, 4.69) is 5.32 Å². The lowest BCUT2D eigenvalue weighted by atomic mass is 10.1. The quantitative estimate of drug-likeness (QED) is 0.161. The van der Waals surface area contributed by atoms with E-state index < -0.39 is 36.6 Å². The first kappa shape index (κ1) is 32.4. The number of alkyl halides is 3. The van der Waals surface area contributed by atoms with Gasteiger partial charge in [-0.3, -0.25) is 19.6 Å². The van der Waals surface area contributed by atoms with E-state index in [1.165, 1.54) is 0 Å². The second kappa shape index (κ2) is 12.8. The molecule has 0 aliphatic heterocycles. The summed E-state index contributed by atoms with van der Waals surface area (Å²) in [5.41, 5.74) is 0.402. The van der Waals surface area contributed by atoms with Gasteiger partial charge in [0.25, 0.3) is 21.6 Å². The van der Waals surface area contributed by atoms with Crippen LogP contribution in [0.25, 0.3) is 0 Å². The number of hydrogen-bond donors (Lipinski definition) is 2. The fourth-order valence-electron chi connectivity index (χ4n) is 3.64. The maximum Gasteiger partial charge on any atom is 0.417 e. The predicted octanol–water partition coefficient (Wildman–Crippen LogP) is 8.18. The standard InChI is InChI=1S/C14H15NO2.C13H7Cl2F3N2O4S/c1-9-10(2)17-11(3)13(9)14(16)15-12-7-5-4-6-8-12;14-10-3-2-8(6-9(10)13(16,17)18)25(23,24)19-12-4-1-7(20(21)22)5-11(12)15/h4-8H,1-3H3,(H,15,16);1-6,19H. The molecule has 0 spiro atoms. The van der Waals surface area contributed by atoms with Crippen LogP contribution < -0.4 is 10.0 Å². The van der Waals surface area contributed by atoms with Crippen molar-refractivity contribution in [3.05, 3.63) is 115 Å². The summed E-state index contributed by atoms with van der Waals surface area (Å²) in [5.74, 6) is 1.33. The zero-order valence-electron chi connectivity index (χ0n) is 22.0. The van der Waals surface area contributed by atoms with Crippen molar-refractivity contribution in [1.82, 2.24) is 0 Å². The van der Waals surface area contributed by atoms with Crippen molar-refractivity contribution in [2.45, 2.75) is 31.8 Å². The highest BCUT2D eigenvalue weighted by molar-refractivity contribution is 7.92. The minimum Gasteiger partial charge on any atom is -0.466 e. The topological polar surface area (TPSA) is 132 Å². The van der Waals surface area contributed by atoms with Gasteiger partial charge in [0, 0.05) is 23.4 Å². The number of para-hydroxylation sites is 1. The van der Waals surface area contributed by atoms with Gasteiger partial charge in [-0.1, -0.05) is 41.4 Å². The molecular weight excluding hydrogens is 622 g/mol. The molecule has 0 saturated carbocycles. The monoisotopic (exact) mass is 643 g/mol. The Bertz CT molecular complexity index is 1740. The Morgan fingerprint density at radius 3 is 2.10 bits per heavy atom. The lowest BCUT2D eigenvalue weighted by molar-refractivity contribution is -0.384. The van der Waals surface area contributed by atoms with Crippen molar-refractivity contribution in [3.8, 4) is 0 Å². The molecule has 0 unspecified atom stereocenters. The summed E-state index contributed by atoms with van der Waals surface area (Å²) in [6, 6.07) is 14.4. The summed E-state index contributed by atoms with van der Waals surface area (Å²) in [6.07, 6.45) is -4.84. The number of carbonyl (C=O) groups excluding carboxylic acids is 1. The van der Waals surface area contributed by atoms with Crippen molar-refractivity contribution in [2.24, 2.45) is 0 Å². The second-order valence-electron chi connectivity index (χ2n) is 8.70. The van der Waals surface area contributed by atoms with Gasteiger partial charge < -0.3 is 9.73 Å². The summed E-state index contributed by atoms with van der Waals surface area (Å²) in [6.45, 7) is 5.56. The molecule has 2 N–H and O–H groups in total. The molecule has 0 saturated heterocycles. The third-order valence-electron chi connectivity index (χ3n) is 5.78. The number of nitro benzene ring substituents is 1. The number of carbonyl (C=O) groups is 1. The average molecular weight is 644 g/mol. The van der Waals surface area contributed by atoms with Crippen LogP contribution in [0.2, 0.25) is 10.0 Å². The second-order valence-corrected chi connectivity index (χ2v) is 11.2. The number of furan rings is 1. The molecule has 0 aliphatic rings. The van der Waals surface area contributed by atoms with Gasteiger partial charge in [-0.25, -0.2) is 8.42 Å². The lowest BCUT2D eigenvalue weighted by Gasteiger charge is -2.13. The number of hydrogen-bond acceptors (Lipinski definition) is 6. The molecule has 1 heterocycles. The van der Waals surface area contributed by atoms with E-state index in [1.54, 1.807) is 6.92 Å². The fourth-order valence-corrected chi connectivity index (χ4v) is 5.24. The maximum atomic E-state index is 12.8. The minimum atomic E-state index is -4.84. The Morgan fingerprint density at radius 1 is 0.929 bits per heavy atom. The van der Waals surface area contributed by atoms with E-state index in [4.69, 9.17) is 27.6 Å². The van der Waals surface area contributed by atoms with Gasteiger partial charge in [-0.2, -0.15) is 13.2 Å². The van der Waals surface area contributed by atoms with Crippen LogP contribution in [0.4, 0.5) is 30.2 Å². The number of amides is 1. The van der Waals surface area contributed by atoms with E-state index in [9.17, 15) is 36.5 Å². The maximum absolute atomic E-state index is 12.8. The van der Waals surface area contributed by atoms with Gasteiger partial charge in [0.1, 0.15) is 11.5 Å². The zero-order valence-corrected chi connectivity index (χ0v) is 24.4. The van der Waals surface area contributed by atoms with Crippen LogP contribution in [0.15, 0.2) is 76.0 Å². The highest BCUT2D eigenvalue weighted by atomic mass is 35.5. The zero-order chi connectivity index (χ0) is 31.4. The fraction of sp³-hybridized carbons (Fsp3) is 0.148. The van der Waals surface area contributed by atoms with Crippen LogP contribution in [0.5, 0.6) is 0 Å². The Labute approximate surface area is 248 Å². The smallest absolute Gasteiger partial charge is 0.417 e. The van der Waals surface area contributed by atoms with Gasteiger partial charge in [0.15, 0.2) is 0 Å². The molecule has 1 amide bonds. The number of anilines is 2. The Hall–Kier alpha value is -4.07. The molecule has 4 aromatic rings. The number of rotatable bonds is 6. The van der Waals surface area contributed by atoms with Crippen molar-refractivity contribution < 1.29 is 35.7 Å². The Kier molecular flexibility index (Phi) is 9.92. The van der Waals surface area contributed by atoms with Gasteiger partial charge in [-0.15, -0.1) is 0 Å². The molecule has 0 fully saturated rings. The van der Waals surface area contributed by atoms with Gasteiger partial charge in [0.2, 0.25) is 0 Å². The molecule has 0 aliphatic carbocycles. The predicted molar refractivity (Wildman–Crippen MR) is 153 cm³/mol. The van der Waals surface area contributed by atoms with Crippen LogP contribution in [-0.2, 0) is 16.2 Å². The summed E-state index contributed by atoms with van der Waals surface area (Å²) < 4.78 is 70.4. The van der Waals surface area contributed by atoms with Crippen molar-refractivity contribution in [1.29, 1.82) is 0 Å². The third-order valence-corrected chi connectivity index (χ3v) is 7.79. The Morgan fingerprint density at radius 2 is 1.57 bits per heavy atom. The summed E-state index contributed by atoms with van der Waals surface area (Å²) in [4.78, 5) is 21.3. The summed E-state index contributed by atoms with van der Waals surface area (Å²) in [7, 11) is -4.43. The van der Waals surface area contributed by atoms with E-state index in [1.807, 2.05) is 48.9 Å². The highest BCUT2D eigenvalue weighted by Gasteiger charge is 2.34. The number of benzene rings is 3. The molecule has 42 heavy (non-hydrogen) atoms. The van der Waals surface area contributed by atoms with E-state index in [-0.39, 0.29) is 22.3 Å². The summed E-state index contributed by atoms with van der Waals surface area (Å²) >= 11 is 11.2. The van der Waals surface area contributed by atoms with Crippen LogP contribution in [0.1, 0.15) is 33.0 Å². The molecule has 0 bridgehead atoms. The normalized spacial score (nSPS) is 11.3. The van der Waals surface area contributed by atoms with Gasteiger partial charge in [-0.05, 0) is 57.2 Å². The molecule has 222 valence electrons. The van der Waals surface area contributed by atoms with Crippen LogP contribution >= 0.6 is 23.2 Å². The van der Waals surface area contributed by atoms with E-state index in [0.29, 0.717) is 17.4 Å². The number of aryl methyl sites for hydroxylation is 2. The molecule has 4 rings (SSSR count). The molecule has 15 heteroatoms. The first-order valence-electron chi connectivity index (χ1n) is 11.8. The van der Waals surface area contributed by atoms with E-state index >= 15 is 0 Å². The number of nitrogens with one attached hydrogen (secondary N) is 2. The van der Waals surface area contributed by atoms with Gasteiger partial charge in [0.05, 0.1) is 36.7 Å². The van der Waals surface area contributed by atoms with Gasteiger partial charge >= 0.3 is 6.18 Å². The molecule has 3 aromatic carbocycles. The third kappa shape index (κ3) is 7.81. The average Bonchev–Trinajstić information content (AvgIpc) is 3.16. The van der Waals surface area contributed by atoms with Crippen LogP contribution in [0.3, 0.4) is 0 Å². The molecule has 0 radical (unpaired) electrons. The van der Waals surface area contributed by atoms with Crippen molar-refractivity contribution in [3.63, 3.8) is 0 Å². The SMILES string of the molecule is Cc1oc(C)c(C(=O)Nc2ccccc2)c1C.O=[N+]([O-])c1ccc(NS(=O)(=O)c2ccc(Cl)c(C(F)(F)F)c2)c(Cl)c1. The van der Waals surface area contributed by atoms with E-state index in [0.717, 1.165) is 47.3 Å². The van der Waals surface area contributed by atoms with Crippen molar-refractivity contribution in [2.75, 3.05) is 10.0 Å². The molecule has 9 nitrogen and oxygen atoms in total. The largest absolute Gasteiger partial charge is 0.466 e. The lowest BCUT2D eigenvalue weighted by Crippen LogP contribution is -2.15. The number of non-ortho nitro benzene ring substituents is 1. The number of sulfonamides is 1. The van der Waals surface area contributed by atoms with Crippen LogP contribution in [0, 0.1) is 30.9 Å².